The summed E-state index contributed by atoms with van der Waals surface area (Å²) in [6, 6.07) is 5.78. The number of nitrogens with one attached hydrogen (secondary N) is 3. The van der Waals surface area contributed by atoms with Gasteiger partial charge in [-0.15, -0.1) is 0 Å². The van der Waals surface area contributed by atoms with Crippen LogP contribution >= 0.6 is 0 Å². The van der Waals surface area contributed by atoms with Crippen LogP contribution in [0.2, 0.25) is 0 Å². The Morgan fingerprint density at radius 2 is 1.60 bits per heavy atom. The summed E-state index contributed by atoms with van der Waals surface area (Å²) in [6.07, 6.45) is 1.87. The molecular formula is C38H55N5O9. The number of amides is 5. The first-order chi connectivity index (χ1) is 24.5. The smallest absolute Gasteiger partial charge is 0.334 e. The van der Waals surface area contributed by atoms with Crippen LogP contribution in [0.3, 0.4) is 0 Å². The Hall–Kier alpha value is -5.01. The maximum atomic E-state index is 14.0. The Kier molecular flexibility index (Phi) is 17.2. The van der Waals surface area contributed by atoms with E-state index >= 15 is 0 Å². The molecule has 1 aliphatic heterocycles. The van der Waals surface area contributed by atoms with Gasteiger partial charge in [0.15, 0.2) is 6.10 Å². The minimum atomic E-state index is -1.19. The fourth-order valence-corrected chi connectivity index (χ4v) is 5.28. The molecule has 4 atom stereocenters. The molecule has 0 aromatic heterocycles. The third-order valence-corrected chi connectivity index (χ3v) is 8.60. The zero-order valence-electron chi connectivity index (χ0n) is 31.9. The van der Waals surface area contributed by atoms with E-state index in [0.29, 0.717) is 24.8 Å². The predicted octanol–water partition coefficient (Wildman–Crippen LogP) is 2.57. The normalized spacial score (nSPS) is 25.1. The number of ether oxygens (including phenoxy) is 2. The van der Waals surface area contributed by atoms with Gasteiger partial charge in [0.05, 0.1) is 13.2 Å². The highest BCUT2D eigenvalue weighted by Gasteiger charge is 2.35. The Morgan fingerprint density at radius 1 is 0.942 bits per heavy atom. The van der Waals surface area contributed by atoms with E-state index in [0.717, 1.165) is 10.5 Å². The Labute approximate surface area is 306 Å². The van der Waals surface area contributed by atoms with Crippen LogP contribution in [0.25, 0.3) is 0 Å². The molecule has 14 nitrogen and oxygen atoms in total. The first kappa shape index (κ1) is 43.2. The SMILES string of the molecule is CC/C(C)=C1/NC(=O)CN(C)C(=O)[C@@H](Cc2ccccc2)N(C)C(=O)[C@H](C)NC(=O)[C@@H](CC(C)C)OC(=O)/C(C)=C/CCCOC(=O)[C@H](C)NC1=O. The van der Waals surface area contributed by atoms with Crippen molar-refractivity contribution >= 4 is 41.5 Å². The van der Waals surface area contributed by atoms with E-state index in [4.69, 9.17) is 9.47 Å². The van der Waals surface area contributed by atoms with Crippen LogP contribution in [0.15, 0.2) is 53.3 Å². The highest BCUT2D eigenvalue weighted by Crippen LogP contribution is 2.15. The summed E-state index contributed by atoms with van der Waals surface area (Å²) in [7, 11) is 2.85. The van der Waals surface area contributed by atoms with Crippen LogP contribution in [0.5, 0.6) is 0 Å². The number of esters is 2. The highest BCUT2D eigenvalue weighted by molar-refractivity contribution is 6.01. The zero-order valence-corrected chi connectivity index (χ0v) is 31.9. The first-order valence-electron chi connectivity index (χ1n) is 17.7. The molecule has 0 fully saturated rings. The van der Waals surface area contributed by atoms with Crippen molar-refractivity contribution in [2.24, 2.45) is 5.92 Å². The molecule has 0 spiro atoms. The molecule has 1 aromatic carbocycles. The Balaban J connectivity index is 2.50. The molecule has 52 heavy (non-hydrogen) atoms. The molecule has 0 saturated carbocycles. The Bertz CT molecular complexity index is 1520. The van der Waals surface area contributed by atoms with E-state index in [1.807, 2.05) is 19.9 Å². The second-order valence-corrected chi connectivity index (χ2v) is 13.6. The lowest BCUT2D eigenvalue weighted by Crippen LogP contribution is -2.56. The average molecular weight is 726 g/mol. The molecule has 0 aliphatic carbocycles. The summed E-state index contributed by atoms with van der Waals surface area (Å²) in [4.78, 5) is 95.7. The quantitative estimate of drug-likeness (QED) is 0.304. The van der Waals surface area contributed by atoms with Crippen molar-refractivity contribution in [2.45, 2.75) is 105 Å². The van der Waals surface area contributed by atoms with Gasteiger partial charge in [0, 0.05) is 26.1 Å². The average Bonchev–Trinajstić information content (AvgIpc) is 3.10. The van der Waals surface area contributed by atoms with E-state index in [2.05, 4.69) is 16.0 Å². The van der Waals surface area contributed by atoms with Gasteiger partial charge in [0.2, 0.25) is 17.7 Å². The summed E-state index contributed by atoms with van der Waals surface area (Å²) in [5.74, 6) is -4.60. The van der Waals surface area contributed by atoms with Crippen molar-refractivity contribution in [1.29, 1.82) is 0 Å². The van der Waals surface area contributed by atoms with Crippen molar-refractivity contribution in [3.05, 3.63) is 58.8 Å². The van der Waals surface area contributed by atoms with Crippen LogP contribution in [0.4, 0.5) is 0 Å². The number of carbonyl (C=O) groups is 7. The van der Waals surface area contributed by atoms with Gasteiger partial charge in [-0.1, -0.05) is 57.2 Å². The van der Waals surface area contributed by atoms with Crippen molar-refractivity contribution in [2.75, 3.05) is 27.2 Å². The molecule has 5 amide bonds. The minimum absolute atomic E-state index is 0.00959. The van der Waals surface area contributed by atoms with E-state index in [1.54, 1.807) is 51.1 Å². The van der Waals surface area contributed by atoms with Gasteiger partial charge in [0.1, 0.15) is 23.8 Å². The third-order valence-electron chi connectivity index (χ3n) is 8.60. The van der Waals surface area contributed by atoms with Gasteiger partial charge in [-0.3, -0.25) is 24.0 Å². The van der Waals surface area contributed by atoms with Crippen LogP contribution < -0.4 is 16.0 Å². The summed E-state index contributed by atoms with van der Waals surface area (Å²) in [5, 5.41) is 7.80. The topological polar surface area (TPSA) is 181 Å². The molecule has 3 N–H and O–H groups in total. The fraction of sp³-hybridized carbons (Fsp3) is 0.553. The lowest BCUT2D eigenvalue weighted by molar-refractivity contribution is -0.154. The molecule has 1 aromatic rings. The van der Waals surface area contributed by atoms with Crippen LogP contribution in [0.1, 0.15) is 79.7 Å². The molecule has 286 valence electrons. The largest absolute Gasteiger partial charge is 0.464 e. The van der Waals surface area contributed by atoms with Gasteiger partial charge in [-0.05, 0) is 70.4 Å². The maximum absolute atomic E-state index is 14.0. The molecule has 0 radical (unpaired) electrons. The summed E-state index contributed by atoms with van der Waals surface area (Å²) in [6.45, 7) is 11.2. The highest BCUT2D eigenvalue weighted by atomic mass is 16.5. The van der Waals surface area contributed by atoms with Gasteiger partial charge < -0.3 is 35.2 Å². The zero-order chi connectivity index (χ0) is 39.1. The van der Waals surface area contributed by atoms with Crippen molar-refractivity contribution in [3.8, 4) is 0 Å². The number of likely N-dealkylation sites (N-methyl/N-ethyl adjacent to an activating group) is 2. The third kappa shape index (κ3) is 13.3. The second kappa shape index (κ2) is 20.7. The fourth-order valence-electron chi connectivity index (χ4n) is 5.28. The monoisotopic (exact) mass is 725 g/mol. The molecule has 1 aliphatic rings. The van der Waals surface area contributed by atoms with E-state index in [9.17, 15) is 33.6 Å². The van der Waals surface area contributed by atoms with Crippen molar-refractivity contribution < 1.29 is 43.0 Å². The van der Waals surface area contributed by atoms with Crippen molar-refractivity contribution in [1.82, 2.24) is 25.8 Å². The minimum Gasteiger partial charge on any atom is -0.464 e. The van der Waals surface area contributed by atoms with E-state index < -0.39 is 72.2 Å². The van der Waals surface area contributed by atoms with Crippen LogP contribution in [0, 0.1) is 5.92 Å². The number of benzene rings is 1. The van der Waals surface area contributed by atoms with Crippen LogP contribution in [-0.2, 0) is 49.5 Å². The van der Waals surface area contributed by atoms with Gasteiger partial charge >= 0.3 is 11.9 Å². The number of carbonyl (C=O) groups excluding carboxylic acids is 7. The number of hydrogen-bond donors (Lipinski definition) is 3. The van der Waals surface area contributed by atoms with Crippen molar-refractivity contribution in [3.63, 3.8) is 0 Å². The summed E-state index contributed by atoms with van der Waals surface area (Å²) >= 11 is 0. The molecule has 1 heterocycles. The second-order valence-electron chi connectivity index (χ2n) is 13.6. The molecule has 0 unspecified atom stereocenters. The lowest BCUT2D eigenvalue weighted by Gasteiger charge is -2.33. The number of cyclic esters (lactones) is 2. The molecule has 14 heteroatoms. The lowest BCUT2D eigenvalue weighted by atomic mass is 10.0. The number of hydrogen-bond acceptors (Lipinski definition) is 9. The molecule has 2 rings (SSSR count). The molecular weight excluding hydrogens is 670 g/mol. The molecule has 0 saturated heterocycles. The number of allylic oxidation sites excluding steroid dienone is 2. The number of rotatable bonds is 5. The van der Waals surface area contributed by atoms with E-state index in [1.165, 1.54) is 32.8 Å². The number of nitrogens with zero attached hydrogens (tertiary/aromatic N) is 2. The summed E-state index contributed by atoms with van der Waals surface area (Å²) in [5.41, 5.74) is 1.48. The van der Waals surface area contributed by atoms with Gasteiger partial charge in [-0.25, -0.2) is 9.59 Å². The van der Waals surface area contributed by atoms with Crippen LogP contribution in [-0.4, -0.2) is 103 Å². The van der Waals surface area contributed by atoms with Gasteiger partial charge in [0.25, 0.3) is 11.8 Å². The summed E-state index contributed by atoms with van der Waals surface area (Å²) < 4.78 is 10.9. The first-order valence-corrected chi connectivity index (χ1v) is 17.7. The predicted molar refractivity (Wildman–Crippen MR) is 194 cm³/mol. The maximum Gasteiger partial charge on any atom is 0.334 e. The van der Waals surface area contributed by atoms with E-state index in [-0.39, 0.29) is 36.6 Å². The Morgan fingerprint density at radius 3 is 2.21 bits per heavy atom. The standard InChI is InChI=1S/C38H55N5O9/c1-10-24(4)32-34(46)40-27(7)38(50)51-19-15-14-16-25(5)37(49)52-30(20-23(2)3)33(45)39-26(6)35(47)43(9)29(21-28-17-12-11-13-18-28)36(48)42(8)22-31(44)41-32/h11-13,16-18,23,26-27,29-30H,10,14-15,19-22H2,1-9H3,(H,39,45)(H,40,46)(H,41,44)/b25-16+,32-24+/t26-,27-,29+,30+/m0/s1. The van der Waals surface area contributed by atoms with Gasteiger partial charge in [-0.2, -0.15) is 0 Å². The molecule has 0 bridgehead atoms.